The van der Waals surface area contributed by atoms with Crippen molar-refractivity contribution in [2.45, 2.75) is 26.3 Å². The van der Waals surface area contributed by atoms with Crippen LogP contribution in [0, 0.1) is 18.6 Å². The highest BCUT2D eigenvalue weighted by molar-refractivity contribution is 8.18. The Labute approximate surface area is 182 Å². The second-order valence-corrected chi connectivity index (χ2v) is 8.72. The number of thioether (sulfide) groups is 1. The van der Waals surface area contributed by atoms with E-state index in [1.807, 2.05) is 11.8 Å². The maximum atomic E-state index is 14.7. The summed E-state index contributed by atoms with van der Waals surface area (Å²) in [5, 5.41) is -0.370. The minimum atomic E-state index is -0.582. The Balaban J connectivity index is 1.60. The standard InChI is InChI=1S/C22H19ClF2N2O2S/c1-13-9-19(26-7-2-3-8-26)18(25)10-14(13)11-20-21(28)27(22(29)30-20)12-15-16(23)5-4-6-17(15)24/h4-6,9-11H,2-3,7-8,12H2,1H3/b20-11-. The van der Waals surface area contributed by atoms with Gasteiger partial charge in [0.05, 0.1) is 17.1 Å². The van der Waals surface area contributed by atoms with E-state index in [9.17, 15) is 18.4 Å². The van der Waals surface area contributed by atoms with E-state index in [1.54, 1.807) is 6.07 Å². The molecule has 2 aromatic rings. The van der Waals surface area contributed by atoms with Crippen LogP contribution >= 0.6 is 23.4 Å². The lowest BCUT2D eigenvalue weighted by Gasteiger charge is -2.19. The van der Waals surface area contributed by atoms with E-state index in [0.717, 1.165) is 48.2 Å². The molecule has 2 aliphatic rings. The molecule has 0 atom stereocenters. The summed E-state index contributed by atoms with van der Waals surface area (Å²) >= 11 is 6.77. The molecule has 0 radical (unpaired) electrons. The van der Waals surface area contributed by atoms with Crippen LogP contribution in [0.15, 0.2) is 35.2 Å². The Morgan fingerprint density at radius 3 is 2.57 bits per heavy atom. The van der Waals surface area contributed by atoms with E-state index in [1.165, 1.54) is 30.3 Å². The number of carbonyl (C=O) groups is 2. The molecule has 2 aromatic carbocycles. The molecule has 30 heavy (non-hydrogen) atoms. The number of hydrogen-bond donors (Lipinski definition) is 0. The van der Waals surface area contributed by atoms with Gasteiger partial charge < -0.3 is 4.90 Å². The van der Waals surface area contributed by atoms with Gasteiger partial charge in [0, 0.05) is 23.7 Å². The molecule has 0 spiro atoms. The molecular formula is C22H19ClF2N2O2S. The van der Waals surface area contributed by atoms with Crippen molar-refractivity contribution in [1.82, 2.24) is 4.90 Å². The number of carbonyl (C=O) groups excluding carboxylic acids is 2. The zero-order valence-corrected chi connectivity index (χ0v) is 17.8. The molecule has 2 fully saturated rings. The molecule has 2 heterocycles. The average molecular weight is 449 g/mol. The van der Waals surface area contributed by atoms with Crippen molar-refractivity contribution in [3.63, 3.8) is 0 Å². The molecule has 0 N–H and O–H groups in total. The van der Waals surface area contributed by atoms with Gasteiger partial charge in [-0.3, -0.25) is 14.5 Å². The number of rotatable bonds is 4. The Hall–Kier alpha value is -2.38. The van der Waals surface area contributed by atoms with Crippen molar-refractivity contribution < 1.29 is 18.4 Å². The fourth-order valence-corrected chi connectivity index (χ4v) is 4.71. The van der Waals surface area contributed by atoms with Gasteiger partial charge in [0.25, 0.3) is 11.1 Å². The van der Waals surface area contributed by atoms with Crippen LogP contribution in [-0.4, -0.2) is 29.1 Å². The van der Waals surface area contributed by atoms with Gasteiger partial charge in [0.1, 0.15) is 11.6 Å². The van der Waals surface area contributed by atoms with E-state index >= 15 is 0 Å². The molecule has 2 aliphatic heterocycles. The number of imide groups is 1. The molecule has 8 heteroatoms. The fourth-order valence-electron chi connectivity index (χ4n) is 3.66. The van der Waals surface area contributed by atoms with Crippen molar-refractivity contribution in [3.05, 3.63) is 68.6 Å². The summed E-state index contributed by atoms with van der Waals surface area (Å²) in [4.78, 5) is 28.3. The molecule has 2 amide bonds. The molecule has 0 saturated carbocycles. The predicted molar refractivity (Wildman–Crippen MR) is 116 cm³/mol. The number of halogens is 3. The molecule has 4 nitrogen and oxygen atoms in total. The van der Waals surface area contributed by atoms with E-state index in [0.29, 0.717) is 11.3 Å². The maximum Gasteiger partial charge on any atom is 0.293 e. The number of amides is 2. The first-order valence-electron chi connectivity index (χ1n) is 9.58. The zero-order chi connectivity index (χ0) is 21.4. The summed E-state index contributed by atoms with van der Waals surface area (Å²) in [5.74, 6) is -1.49. The van der Waals surface area contributed by atoms with Crippen LogP contribution in [0.3, 0.4) is 0 Å². The van der Waals surface area contributed by atoms with Crippen LogP contribution in [0.25, 0.3) is 6.08 Å². The zero-order valence-electron chi connectivity index (χ0n) is 16.3. The first-order chi connectivity index (χ1) is 14.3. The normalized spacial score (nSPS) is 18.2. The van der Waals surface area contributed by atoms with Crippen LogP contribution in [0.2, 0.25) is 5.02 Å². The SMILES string of the molecule is Cc1cc(N2CCCC2)c(F)cc1/C=C1\SC(=O)N(Cc2c(F)cccc2Cl)C1=O. The van der Waals surface area contributed by atoms with Gasteiger partial charge in [-0.1, -0.05) is 17.7 Å². The van der Waals surface area contributed by atoms with Gasteiger partial charge in [0.2, 0.25) is 0 Å². The number of hydrogen-bond acceptors (Lipinski definition) is 4. The van der Waals surface area contributed by atoms with E-state index in [-0.39, 0.29) is 27.9 Å². The van der Waals surface area contributed by atoms with Gasteiger partial charge in [-0.2, -0.15) is 0 Å². The summed E-state index contributed by atoms with van der Waals surface area (Å²) < 4.78 is 28.8. The number of nitrogens with zero attached hydrogens (tertiary/aromatic N) is 2. The van der Waals surface area contributed by atoms with Crippen molar-refractivity contribution in [2.24, 2.45) is 0 Å². The number of anilines is 1. The Bertz CT molecular complexity index is 1050. The lowest BCUT2D eigenvalue weighted by molar-refractivity contribution is -0.123. The molecule has 0 bridgehead atoms. The lowest BCUT2D eigenvalue weighted by atomic mass is 10.1. The Morgan fingerprint density at radius 2 is 1.87 bits per heavy atom. The first kappa shape index (κ1) is 20.9. The summed E-state index contributed by atoms with van der Waals surface area (Å²) in [7, 11) is 0. The molecule has 0 aliphatic carbocycles. The summed E-state index contributed by atoms with van der Waals surface area (Å²) in [5.41, 5.74) is 1.98. The molecule has 2 saturated heterocycles. The topological polar surface area (TPSA) is 40.6 Å². The molecule has 4 rings (SSSR count). The largest absolute Gasteiger partial charge is 0.369 e. The molecule has 0 unspecified atom stereocenters. The third-order valence-corrected chi connectivity index (χ3v) is 6.58. The Kier molecular flexibility index (Phi) is 5.84. The Morgan fingerprint density at radius 1 is 1.13 bits per heavy atom. The van der Waals surface area contributed by atoms with E-state index < -0.39 is 17.0 Å². The monoisotopic (exact) mass is 448 g/mol. The van der Waals surface area contributed by atoms with Crippen LogP contribution in [0.1, 0.15) is 29.5 Å². The van der Waals surface area contributed by atoms with Crippen LogP contribution in [0.4, 0.5) is 19.3 Å². The van der Waals surface area contributed by atoms with Crippen molar-refractivity contribution in [2.75, 3.05) is 18.0 Å². The van der Waals surface area contributed by atoms with Crippen molar-refractivity contribution >= 4 is 46.3 Å². The summed E-state index contributed by atoms with van der Waals surface area (Å²) in [6.07, 6.45) is 3.60. The van der Waals surface area contributed by atoms with E-state index in [4.69, 9.17) is 11.6 Å². The van der Waals surface area contributed by atoms with Gasteiger partial charge >= 0.3 is 0 Å². The van der Waals surface area contributed by atoms with Crippen LogP contribution in [-0.2, 0) is 11.3 Å². The van der Waals surface area contributed by atoms with Gasteiger partial charge in [-0.25, -0.2) is 8.78 Å². The third kappa shape index (κ3) is 3.96. The average Bonchev–Trinajstić information content (AvgIpc) is 3.31. The van der Waals surface area contributed by atoms with E-state index in [2.05, 4.69) is 0 Å². The molecule has 156 valence electrons. The number of aryl methyl sites for hydroxylation is 1. The minimum Gasteiger partial charge on any atom is -0.369 e. The fraction of sp³-hybridized carbons (Fsp3) is 0.273. The quantitative estimate of drug-likeness (QED) is 0.557. The van der Waals surface area contributed by atoms with Gasteiger partial charge in [-0.15, -0.1) is 0 Å². The minimum absolute atomic E-state index is 0.0832. The smallest absolute Gasteiger partial charge is 0.293 e. The van der Waals surface area contributed by atoms with Gasteiger partial charge in [-0.05, 0) is 73.0 Å². The highest BCUT2D eigenvalue weighted by atomic mass is 35.5. The van der Waals surface area contributed by atoms with Crippen LogP contribution in [0.5, 0.6) is 0 Å². The van der Waals surface area contributed by atoms with Crippen LogP contribution < -0.4 is 4.90 Å². The lowest BCUT2D eigenvalue weighted by Crippen LogP contribution is -2.28. The predicted octanol–water partition coefficient (Wildman–Crippen LogP) is 5.76. The molecule has 0 aromatic heterocycles. The second-order valence-electron chi connectivity index (χ2n) is 7.32. The third-order valence-electron chi connectivity index (χ3n) is 5.32. The summed E-state index contributed by atoms with van der Waals surface area (Å²) in [6, 6.07) is 7.35. The number of benzene rings is 2. The van der Waals surface area contributed by atoms with Crippen molar-refractivity contribution in [1.29, 1.82) is 0 Å². The highest BCUT2D eigenvalue weighted by Crippen LogP contribution is 2.36. The highest BCUT2D eigenvalue weighted by Gasteiger charge is 2.36. The summed E-state index contributed by atoms with van der Waals surface area (Å²) in [6.45, 7) is 3.24. The first-order valence-corrected chi connectivity index (χ1v) is 10.8. The second kappa shape index (κ2) is 8.40. The van der Waals surface area contributed by atoms with Crippen molar-refractivity contribution in [3.8, 4) is 0 Å². The maximum absolute atomic E-state index is 14.7. The molecular weight excluding hydrogens is 430 g/mol. The van der Waals surface area contributed by atoms with Gasteiger partial charge in [0.15, 0.2) is 0 Å².